The van der Waals surface area contributed by atoms with Crippen LogP contribution in [0.4, 0.5) is 10.1 Å². The summed E-state index contributed by atoms with van der Waals surface area (Å²) in [6.45, 7) is 0.204. The number of hydrogen-bond acceptors (Lipinski definition) is 4. The number of benzene rings is 2. The van der Waals surface area contributed by atoms with Gasteiger partial charge in [0.05, 0.1) is 16.6 Å². The second kappa shape index (κ2) is 5.01. The Labute approximate surface area is 121 Å². The lowest BCUT2D eigenvalue weighted by Gasteiger charge is -2.12. The molecule has 1 atom stereocenters. The highest BCUT2D eigenvalue weighted by Crippen LogP contribution is 2.32. The van der Waals surface area contributed by atoms with E-state index in [2.05, 4.69) is 4.72 Å². The second-order valence-corrected chi connectivity index (χ2v) is 6.42. The predicted octanol–water partition coefficient (Wildman–Crippen LogP) is 1.82. The van der Waals surface area contributed by atoms with Crippen molar-refractivity contribution in [3.63, 3.8) is 0 Å². The molecule has 1 aliphatic heterocycles. The quantitative estimate of drug-likeness (QED) is 0.848. The van der Waals surface area contributed by atoms with Crippen LogP contribution in [0.5, 0.6) is 5.75 Å². The summed E-state index contributed by atoms with van der Waals surface area (Å²) in [5.74, 6) is -0.116. The molecule has 1 unspecified atom stereocenters. The molecule has 7 heteroatoms. The Hall–Kier alpha value is -2.12. The first-order valence-electron chi connectivity index (χ1n) is 6.26. The molecule has 5 nitrogen and oxygen atoms in total. The first-order valence-corrected chi connectivity index (χ1v) is 7.75. The number of halogens is 1. The number of ether oxygens (including phenoxy) is 1. The minimum atomic E-state index is -3.85. The van der Waals surface area contributed by atoms with Crippen molar-refractivity contribution < 1.29 is 17.5 Å². The van der Waals surface area contributed by atoms with E-state index in [1.54, 1.807) is 18.2 Å². The lowest BCUT2D eigenvalue weighted by molar-refractivity contribution is 0.325. The molecule has 1 heterocycles. The minimum absolute atomic E-state index is 0.0940. The van der Waals surface area contributed by atoms with E-state index >= 15 is 0 Å². The first-order chi connectivity index (χ1) is 9.97. The normalized spacial score (nSPS) is 17.3. The number of hydrogen-bond donors (Lipinski definition) is 2. The summed E-state index contributed by atoms with van der Waals surface area (Å²) < 4.78 is 45.9. The van der Waals surface area contributed by atoms with Crippen molar-refractivity contribution in [3.8, 4) is 5.75 Å². The summed E-state index contributed by atoms with van der Waals surface area (Å²) >= 11 is 0. The number of sulfonamides is 1. The van der Waals surface area contributed by atoms with Crippen molar-refractivity contribution in [2.75, 3.05) is 12.3 Å². The summed E-state index contributed by atoms with van der Waals surface area (Å²) in [5.41, 5.74) is 6.02. The van der Waals surface area contributed by atoms with Crippen LogP contribution in [0.3, 0.4) is 0 Å². The molecule has 0 bridgehead atoms. The number of nitrogens with two attached hydrogens (primary N) is 1. The number of rotatable bonds is 3. The van der Waals surface area contributed by atoms with Crippen LogP contribution in [0.2, 0.25) is 0 Å². The topological polar surface area (TPSA) is 81.4 Å². The van der Waals surface area contributed by atoms with Crippen molar-refractivity contribution in [2.45, 2.75) is 10.9 Å². The lowest BCUT2D eigenvalue weighted by Crippen LogP contribution is -2.29. The molecule has 0 aliphatic carbocycles. The third kappa shape index (κ3) is 2.57. The molecule has 21 heavy (non-hydrogen) atoms. The summed E-state index contributed by atoms with van der Waals surface area (Å²) in [6, 6.07) is 10.1. The zero-order chi connectivity index (χ0) is 15.0. The van der Waals surface area contributed by atoms with Gasteiger partial charge in [-0.25, -0.2) is 17.5 Å². The van der Waals surface area contributed by atoms with E-state index in [0.717, 1.165) is 11.6 Å². The van der Waals surface area contributed by atoms with Crippen LogP contribution in [0, 0.1) is 5.82 Å². The van der Waals surface area contributed by atoms with Crippen molar-refractivity contribution in [1.29, 1.82) is 0 Å². The lowest BCUT2D eigenvalue weighted by atomic mass is 10.1. The summed E-state index contributed by atoms with van der Waals surface area (Å²) in [6.07, 6.45) is 0. The van der Waals surface area contributed by atoms with Gasteiger partial charge in [-0.15, -0.1) is 0 Å². The zero-order valence-electron chi connectivity index (χ0n) is 10.9. The van der Waals surface area contributed by atoms with Crippen LogP contribution < -0.4 is 15.2 Å². The van der Waals surface area contributed by atoms with Gasteiger partial charge in [-0.1, -0.05) is 18.2 Å². The number of nitrogen functional groups attached to an aromatic ring is 1. The fourth-order valence-corrected chi connectivity index (χ4v) is 3.40. The van der Waals surface area contributed by atoms with E-state index < -0.39 is 21.9 Å². The number of para-hydroxylation sites is 1. The van der Waals surface area contributed by atoms with E-state index in [4.69, 9.17) is 10.5 Å². The van der Waals surface area contributed by atoms with E-state index in [0.29, 0.717) is 5.75 Å². The van der Waals surface area contributed by atoms with Crippen molar-refractivity contribution in [1.82, 2.24) is 4.72 Å². The van der Waals surface area contributed by atoms with Gasteiger partial charge in [0.25, 0.3) is 0 Å². The molecule has 0 saturated heterocycles. The monoisotopic (exact) mass is 308 g/mol. The largest absolute Gasteiger partial charge is 0.491 e. The molecule has 3 N–H and O–H groups in total. The van der Waals surface area contributed by atoms with Gasteiger partial charge in [-0.2, -0.15) is 0 Å². The molecule has 2 aromatic carbocycles. The van der Waals surface area contributed by atoms with E-state index in [1.165, 1.54) is 12.1 Å². The first kappa shape index (κ1) is 13.8. The van der Waals surface area contributed by atoms with Crippen LogP contribution in [0.25, 0.3) is 0 Å². The number of nitrogens with one attached hydrogen (secondary N) is 1. The van der Waals surface area contributed by atoms with Gasteiger partial charge in [-0.05, 0) is 24.3 Å². The fourth-order valence-electron chi connectivity index (χ4n) is 2.19. The van der Waals surface area contributed by atoms with Gasteiger partial charge < -0.3 is 10.5 Å². The van der Waals surface area contributed by atoms with Crippen LogP contribution in [-0.4, -0.2) is 15.0 Å². The Bertz CT molecular complexity index is 793. The average molecular weight is 308 g/mol. The third-order valence-electron chi connectivity index (χ3n) is 3.28. The van der Waals surface area contributed by atoms with Crippen LogP contribution in [-0.2, 0) is 10.0 Å². The SMILES string of the molecule is Nc1ccc(S(=O)(=O)NC2COc3ccccc32)cc1F. The second-order valence-electron chi connectivity index (χ2n) is 4.71. The summed E-state index contributed by atoms with van der Waals surface area (Å²) in [5, 5.41) is 0. The van der Waals surface area contributed by atoms with Crippen molar-refractivity contribution in [3.05, 3.63) is 53.8 Å². The van der Waals surface area contributed by atoms with Crippen LogP contribution in [0.15, 0.2) is 47.4 Å². The van der Waals surface area contributed by atoms with Gasteiger partial charge in [0.2, 0.25) is 10.0 Å². The summed E-state index contributed by atoms with van der Waals surface area (Å²) in [7, 11) is -3.85. The van der Waals surface area contributed by atoms with E-state index in [-0.39, 0.29) is 17.2 Å². The maximum atomic E-state index is 13.4. The molecule has 0 amide bonds. The highest BCUT2D eigenvalue weighted by molar-refractivity contribution is 7.89. The van der Waals surface area contributed by atoms with Gasteiger partial charge in [0, 0.05) is 5.56 Å². The Morgan fingerprint density at radius 3 is 2.76 bits per heavy atom. The molecule has 0 spiro atoms. The number of fused-ring (bicyclic) bond motifs is 1. The van der Waals surface area contributed by atoms with Gasteiger partial charge in [0.15, 0.2) is 0 Å². The standard InChI is InChI=1S/C14H13FN2O3S/c15-11-7-9(5-6-12(11)16)21(18,19)17-13-8-20-14-4-2-1-3-10(13)14/h1-7,13,17H,8,16H2. The fraction of sp³-hybridized carbons (Fsp3) is 0.143. The molecule has 0 saturated carbocycles. The third-order valence-corrected chi connectivity index (χ3v) is 4.75. The molecule has 110 valence electrons. The van der Waals surface area contributed by atoms with Gasteiger partial charge >= 0.3 is 0 Å². The average Bonchev–Trinajstić information content (AvgIpc) is 2.85. The van der Waals surface area contributed by atoms with Crippen molar-refractivity contribution in [2.24, 2.45) is 0 Å². The minimum Gasteiger partial charge on any atom is -0.491 e. The maximum Gasteiger partial charge on any atom is 0.241 e. The Balaban J connectivity index is 1.89. The molecule has 2 aromatic rings. The van der Waals surface area contributed by atoms with Gasteiger partial charge in [0.1, 0.15) is 18.2 Å². The molecule has 0 radical (unpaired) electrons. The van der Waals surface area contributed by atoms with E-state index in [1.807, 2.05) is 6.07 Å². The van der Waals surface area contributed by atoms with E-state index in [9.17, 15) is 12.8 Å². The smallest absolute Gasteiger partial charge is 0.241 e. The molecule has 0 aromatic heterocycles. The van der Waals surface area contributed by atoms with Crippen LogP contribution in [0.1, 0.15) is 11.6 Å². The molecule has 1 aliphatic rings. The zero-order valence-corrected chi connectivity index (χ0v) is 11.7. The molecule has 3 rings (SSSR count). The van der Waals surface area contributed by atoms with Crippen LogP contribution >= 0.6 is 0 Å². The Morgan fingerprint density at radius 1 is 1.24 bits per heavy atom. The Kier molecular flexibility index (Phi) is 3.30. The maximum absolute atomic E-state index is 13.4. The number of anilines is 1. The highest BCUT2D eigenvalue weighted by atomic mass is 32.2. The molecule has 0 fully saturated rings. The summed E-state index contributed by atoms with van der Waals surface area (Å²) in [4.78, 5) is -0.168. The Morgan fingerprint density at radius 2 is 2.00 bits per heavy atom. The molecular weight excluding hydrogens is 295 g/mol. The van der Waals surface area contributed by atoms with Crippen molar-refractivity contribution >= 4 is 15.7 Å². The predicted molar refractivity (Wildman–Crippen MR) is 75.8 cm³/mol. The van der Waals surface area contributed by atoms with Gasteiger partial charge in [-0.3, -0.25) is 0 Å². The highest BCUT2D eigenvalue weighted by Gasteiger charge is 2.28. The molecular formula is C14H13FN2O3S.